The molecule has 0 bridgehead atoms. The van der Waals surface area contributed by atoms with Crippen molar-refractivity contribution in [1.82, 2.24) is 5.32 Å². The van der Waals surface area contributed by atoms with Gasteiger partial charge in [0.1, 0.15) is 5.82 Å². The third kappa shape index (κ3) is 4.38. The minimum atomic E-state index is -4.35. The molecule has 2 atom stereocenters. The smallest absolute Gasteiger partial charge is 0.356 e. The molecule has 1 saturated carbocycles. The first-order chi connectivity index (χ1) is 11.8. The molecule has 0 radical (unpaired) electrons. The molecular weight excluding hydrogens is 334 g/mol. The van der Waals surface area contributed by atoms with E-state index in [1.165, 1.54) is 24.3 Å². The van der Waals surface area contributed by atoms with E-state index in [-0.39, 0.29) is 23.6 Å². The summed E-state index contributed by atoms with van der Waals surface area (Å²) < 4.78 is 50.7. The molecule has 2 nitrogen and oxygen atoms in total. The highest BCUT2D eigenvalue weighted by Crippen LogP contribution is 2.47. The standard InChI is InChI=1S/C19H17F4NO/c20-15-3-1-2-12(10-15)8-9-24-18(25)17-11-16(17)13-4-6-14(7-5-13)19(21,22)23/h1-7,10,16-17H,8-9,11H2,(H,24,25). The highest BCUT2D eigenvalue weighted by molar-refractivity contribution is 5.82. The Hall–Kier alpha value is -2.37. The van der Waals surface area contributed by atoms with Gasteiger partial charge in [0.15, 0.2) is 0 Å². The number of nitrogens with one attached hydrogen (secondary N) is 1. The van der Waals surface area contributed by atoms with Crippen molar-refractivity contribution in [3.05, 3.63) is 71.0 Å². The quantitative estimate of drug-likeness (QED) is 0.800. The van der Waals surface area contributed by atoms with Crippen LogP contribution in [0.3, 0.4) is 0 Å². The Morgan fingerprint density at radius 1 is 1.12 bits per heavy atom. The predicted octanol–water partition coefficient (Wildman–Crippen LogP) is 4.31. The van der Waals surface area contributed by atoms with Crippen LogP contribution in [0.1, 0.15) is 29.0 Å². The Kier molecular flexibility index (Phi) is 4.79. The predicted molar refractivity (Wildman–Crippen MR) is 85.4 cm³/mol. The van der Waals surface area contributed by atoms with E-state index in [0.717, 1.165) is 23.3 Å². The van der Waals surface area contributed by atoms with Crippen molar-refractivity contribution in [2.75, 3.05) is 6.54 Å². The fourth-order valence-corrected chi connectivity index (χ4v) is 2.93. The van der Waals surface area contributed by atoms with Crippen molar-refractivity contribution in [2.45, 2.75) is 24.9 Å². The number of alkyl halides is 3. The summed E-state index contributed by atoms with van der Waals surface area (Å²) in [6, 6.07) is 11.2. The summed E-state index contributed by atoms with van der Waals surface area (Å²) in [5.41, 5.74) is 0.863. The Balaban J connectivity index is 1.49. The van der Waals surface area contributed by atoms with Crippen LogP contribution in [0.25, 0.3) is 0 Å². The maximum Gasteiger partial charge on any atom is 0.416 e. The lowest BCUT2D eigenvalue weighted by molar-refractivity contribution is -0.137. The number of carbonyl (C=O) groups excluding carboxylic acids is 1. The molecule has 2 unspecified atom stereocenters. The van der Waals surface area contributed by atoms with Gasteiger partial charge in [0, 0.05) is 12.5 Å². The van der Waals surface area contributed by atoms with Crippen molar-refractivity contribution in [2.24, 2.45) is 5.92 Å². The van der Waals surface area contributed by atoms with Gasteiger partial charge in [-0.1, -0.05) is 24.3 Å². The molecule has 3 rings (SSSR count). The second-order valence-corrected chi connectivity index (χ2v) is 6.24. The van der Waals surface area contributed by atoms with Gasteiger partial charge >= 0.3 is 6.18 Å². The van der Waals surface area contributed by atoms with Gasteiger partial charge in [0.2, 0.25) is 5.91 Å². The number of halogens is 4. The van der Waals surface area contributed by atoms with Crippen molar-refractivity contribution in [3.8, 4) is 0 Å². The number of hydrogen-bond acceptors (Lipinski definition) is 1. The molecule has 2 aromatic carbocycles. The number of benzene rings is 2. The molecule has 1 fully saturated rings. The first kappa shape index (κ1) is 17.5. The third-order valence-electron chi connectivity index (χ3n) is 4.40. The topological polar surface area (TPSA) is 29.1 Å². The monoisotopic (exact) mass is 351 g/mol. The van der Waals surface area contributed by atoms with E-state index in [1.807, 2.05) is 0 Å². The highest BCUT2D eigenvalue weighted by atomic mass is 19.4. The summed E-state index contributed by atoms with van der Waals surface area (Å²) >= 11 is 0. The molecule has 1 N–H and O–H groups in total. The van der Waals surface area contributed by atoms with E-state index >= 15 is 0 Å². The molecule has 0 saturated heterocycles. The summed E-state index contributed by atoms with van der Waals surface area (Å²) in [5.74, 6) is -0.657. The fourth-order valence-electron chi connectivity index (χ4n) is 2.93. The zero-order valence-electron chi connectivity index (χ0n) is 13.3. The molecule has 0 aromatic heterocycles. The highest BCUT2D eigenvalue weighted by Gasteiger charge is 2.44. The van der Waals surface area contributed by atoms with Gasteiger partial charge in [0.05, 0.1) is 5.56 Å². The molecule has 6 heteroatoms. The maximum atomic E-state index is 13.1. The summed E-state index contributed by atoms with van der Waals surface area (Å²) in [7, 11) is 0. The molecule has 1 amide bonds. The van der Waals surface area contributed by atoms with Crippen molar-refractivity contribution in [3.63, 3.8) is 0 Å². The van der Waals surface area contributed by atoms with Gasteiger partial charge in [0.25, 0.3) is 0 Å². The van der Waals surface area contributed by atoms with Crippen LogP contribution >= 0.6 is 0 Å². The lowest BCUT2D eigenvalue weighted by atomic mass is 10.1. The Morgan fingerprint density at radius 2 is 1.84 bits per heavy atom. The normalized spacial score (nSPS) is 19.5. The number of hydrogen-bond donors (Lipinski definition) is 1. The summed E-state index contributed by atoms with van der Waals surface area (Å²) in [5, 5.41) is 2.81. The first-order valence-corrected chi connectivity index (χ1v) is 8.04. The average Bonchev–Trinajstić information content (AvgIpc) is 3.35. The van der Waals surface area contributed by atoms with Crippen LogP contribution in [0.4, 0.5) is 17.6 Å². The van der Waals surface area contributed by atoms with E-state index in [2.05, 4.69) is 5.32 Å². The molecule has 2 aromatic rings. The largest absolute Gasteiger partial charge is 0.416 e. The molecular formula is C19H17F4NO. The minimum absolute atomic E-state index is 0.0311. The van der Waals surface area contributed by atoms with Gasteiger partial charge in [-0.3, -0.25) is 4.79 Å². The Labute approximate surface area is 142 Å². The molecule has 0 spiro atoms. The molecule has 25 heavy (non-hydrogen) atoms. The SMILES string of the molecule is O=C(NCCc1cccc(F)c1)C1CC1c1ccc(C(F)(F)F)cc1. The molecule has 1 aliphatic rings. The first-order valence-electron chi connectivity index (χ1n) is 8.04. The second-order valence-electron chi connectivity index (χ2n) is 6.24. The third-order valence-corrected chi connectivity index (χ3v) is 4.40. The zero-order valence-corrected chi connectivity index (χ0v) is 13.3. The Bertz CT molecular complexity index is 755. The summed E-state index contributed by atoms with van der Waals surface area (Å²) in [6.45, 7) is 0.401. The van der Waals surface area contributed by atoms with Crippen molar-refractivity contribution < 1.29 is 22.4 Å². The lowest BCUT2D eigenvalue weighted by Crippen LogP contribution is -2.27. The lowest BCUT2D eigenvalue weighted by Gasteiger charge is -2.08. The molecule has 1 aliphatic carbocycles. The van der Waals surface area contributed by atoms with Crippen LogP contribution in [0.5, 0.6) is 0 Å². The van der Waals surface area contributed by atoms with E-state index in [0.29, 0.717) is 19.4 Å². The summed E-state index contributed by atoms with van der Waals surface area (Å²) in [4.78, 5) is 12.1. The molecule has 132 valence electrons. The fraction of sp³-hybridized carbons (Fsp3) is 0.316. The van der Waals surface area contributed by atoms with Crippen molar-refractivity contribution in [1.29, 1.82) is 0 Å². The van der Waals surface area contributed by atoms with Gasteiger partial charge in [-0.25, -0.2) is 4.39 Å². The maximum absolute atomic E-state index is 13.1. The Morgan fingerprint density at radius 3 is 2.48 bits per heavy atom. The van der Waals surface area contributed by atoms with Crippen LogP contribution < -0.4 is 5.32 Å². The molecule has 0 heterocycles. The van der Waals surface area contributed by atoms with E-state index in [1.54, 1.807) is 12.1 Å². The van der Waals surface area contributed by atoms with E-state index in [4.69, 9.17) is 0 Å². The second kappa shape index (κ2) is 6.86. The van der Waals surface area contributed by atoms with Gasteiger partial charge in [-0.2, -0.15) is 13.2 Å². The van der Waals surface area contributed by atoms with Crippen LogP contribution in [-0.2, 0) is 17.4 Å². The van der Waals surface area contributed by atoms with Crippen LogP contribution in [0, 0.1) is 11.7 Å². The molecule has 0 aliphatic heterocycles. The zero-order chi connectivity index (χ0) is 18.0. The van der Waals surface area contributed by atoms with E-state index in [9.17, 15) is 22.4 Å². The number of rotatable bonds is 5. The summed E-state index contributed by atoms with van der Waals surface area (Å²) in [6.07, 6.45) is -3.19. The van der Waals surface area contributed by atoms with Crippen molar-refractivity contribution >= 4 is 5.91 Å². The van der Waals surface area contributed by atoms with E-state index < -0.39 is 11.7 Å². The average molecular weight is 351 g/mol. The number of amides is 1. The van der Waals surface area contributed by atoms with Crippen LogP contribution in [0.2, 0.25) is 0 Å². The van der Waals surface area contributed by atoms with Gasteiger partial charge in [-0.05, 0) is 54.2 Å². The number of carbonyl (C=O) groups is 1. The van der Waals surface area contributed by atoms with Crippen LogP contribution in [-0.4, -0.2) is 12.5 Å². The minimum Gasteiger partial charge on any atom is -0.356 e. The van der Waals surface area contributed by atoms with Gasteiger partial charge in [-0.15, -0.1) is 0 Å². The van der Waals surface area contributed by atoms with Crippen LogP contribution in [0.15, 0.2) is 48.5 Å². The van der Waals surface area contributed by atoms with Gasteiger partial charge < -0.3 is 5.32 Å².